The molecule has 4 aromatic rings. The van der Waals surface area contributed by atoms with Crippen molar-refractivity contribution in [1.82, 2.24) is 15.1 Å². The molecule has 0 saturated heterocycles. The van der Waals surface area contributed by atoms with Gasteiger partial charge in [0, 0.05) is 17.7 Å². The van der Waals surface area contributed by atoms with Crippen LogP contribution in [0.4, 0.5) is 4.39 Å². The van der Waals surface area contributed by atoms with E-state index in [1.807, 2.05) is 42.5 Å². The molecule has 1 aromatic heterocycles. The van der Waals surface area contributed by atoms with Crippen LogP contribution < -0.4 is 5.32 Å². The lowest BCUT2D eigenvalue weighted by Gasteiger charge is -2.12. The van der Waals surface area contributed by atoms with Crippen molar-refractivity contribution in [2.75, 3.05) is 6.54 Å². The minimum absolute atomic E-state index is 0.216. The van der Waals surface area contributed by atoms with E-state index in [2.05, 4.69) is 28.6 Å². The van der Waals surface area contributed by atoms with E-state index >= 15 is 0 Å². The first-order chi connectivity index (χ1) is 14.3. The van der Waals surface area contributed by atoms with Crippen molar-refractivity contribution in [2.45, 2.75) is 6.54 Å². The number of aromatic nitrogens is 2. The first-order valence-corrected chi connectivity index (χ1v) is 9.33. The van der Waals surface area contributed by atoms with Gasteiger partial charge in [0.15, 0.2) is 0 Å². The summed E-state index contributed by atoms with van der Waals surface area (Å²) in [6.07, 6.45) is 1.72. The Bertz CT molecular complexity index is 1140. The molecule has 1 N–H and O–H groups in total. The molecule has 4 rings (SSSR count). The highest BCUT2D eigenvalue weighted by atomic mass is 19.1. The second-order valence-corrected chi connectivity index (χ2v) is 6.58. The molecule has 0 spiro atoms. The number of hydrogen-bond acceptors (Lipinski definition) is 3. The number of nitriles is 1. The molecule has 0 amide bonds. The fraction of sp³-hybridized carbons (Fsp3) is 0.0833. The maximum Gasteiger partial charge on any atom is 0.132 e. The Morgan fingerprint density at radius 3 is 2.31 bits per heavy atom. The van der Waals surface area contributed by atoms with Crippen molar-refractivity contribution in [3.63, 3.8) is 0 Å². The lowest BCUT2D eigenvalue weighted by atomic mass is 10.0. The van der Waals surface area contributed by atoms with Gasteiger partial charge >= 0.3 is 0 Å². The number of halogens is 1. The maximum absolute atomic E-state index is 14.6. The highest BCUT2D eigenvalue weighted by Gasteiger charge is 2.17. The van der Waals surface area contributed by atoms with Crippen LogP contribution in [-0.2, 0) is 6.54 Å². The summed E-state index contributed by atoms with van der Waals surface area (Å²) in [5.41, 5.74) is 5.07. The highest BCUT2D eigenvalue weighted by Crippen LogP contribution is 2.30. The molecular weight excluding hydrogens is 363 g/mol. The Kier molecular flexibility index (Phi) is 5.46. The zero-order valence-electron chi connectivity index (χ0n) is 15.7. The lowest BCUT2D eigenvalue weighted by Crippen LogP contribution is -2.13. The third-order valence-corrected chi connectivity index (χ3v) is 4.71. The fourth-order valence-corrected chi connectivity index (χ4v) is 3.33. The molecule has 0 bridgehead atoms. The van der Waals surface area contributed by atoms with Gasteiger partial charge in [0.2, 0.25) is 0 Å². The van der Waals surface area contributed by atoms with Crippen molar-refractivity contribution in [2.24, 2.45) is 0 Å². The van der Waals surface area contributed by atoms with E-state index in [1.54, 1.807) is 29.1 Å². The summed E-state index contributed by atoms with van der Waals surface area (Å²) < 4.78 is 16.3. The number of hydrogen-bond donors (Lipinski definition) is 1. The number of nitrogens with one attached hydrogen (secondary N) is 1. The van der Waals surface area contributed by atoms with Gasteiger partial charge in [0.05, 0.1) is 30.2 Å². The quantitative estimate of drug-likeness (QED) is 0.379. The Hall–Kier alpha value is -3.75. The van der Waals surface area contributed by atoms with E-state index in [0.717, 1.165) is 22.4 Å². The predicted octanol–water partition coefficient (Wildman–Crippen LogP) is 4.96. The van der Waals surface area contributed by atoms with Gasteiger partial charge in [-0.1, -0.05) is 54.6 Å². The molecule has 4 nitrogen and oxygen atoms in total. The summed E-state index contributed by atoms with van der Waals surface area (Å²) in [4.78, 5) is 0. The molecule has 0 unspecified atom stereocenters. The topological polar surface area (TPSA) is 53.6 Å². The molecule has 1 heterocycles. The SMILES string of the molecule is N#CCNCc1cnn(-c2ccc(-c3ccccc3)cc2)c1-c1ccccc1F. The van der Waals surface area contributed by atoms with Crippen LogP contribution >= 0.6 is 0 Å². The van der Waals surface area contributed by atoms with E-state index in [4.69, 9.17) is 5.26 Å². The highest BCUT2D eigenvalue weighted by molar-refractivity contribution is 5.68. The van der Waals surface area contributed by atoms with Crippen molar-refractivity contribution in [3.8, 4) is 34.1 Å². The van der Waals surface area contributed by atoms with Crippen LogP contribution in [0.3, 0.4) is 0 Å². The van der Waals surface area contributed by atoms with E-state index < -0.39 is 0 Å². The average molecular weight is 382 g/mol. The number of nitrogens with zero attached hydrogens (tertiary/aromatic N) is 3. The number of rotatable bonds is 6. The van der Waals surface area contributed by atoms with Crippen LogP contribution in [-0.4, -0.2) is 16.3 Å². The minimum Gasteiger partial charge on any atom is -0.300 e. The van der Waals surface area contributed by atoms with Gasteiger partial charge in [-0.3, -0.25) is 0 Å². The fourth-order valence-electron chi connectivity index (χ4n) is 3.33. The molecule has 0 fully saturated rings. The van der Waals surface area contributed by atoms with E-state index in [-0.39, 0.29) is 12.4 Å². The molecule has 0 atom stereocenters. The average Bonchev–Trinajstić information content (AvgIpc) is 3.19. The summed E-state index contributed by atoms with van der Waals surface area (Å²) in [5, 5.41) is 16.3. The van der Waals surface area contributed by atoms with Gasteiger partial charge in [-0.05, 0) is 35.4 Å². The molecule has 3 aromatic carbocycles. The number of benzene rings is 3. The van der Waals surface area contributed by atoms with Crippen LogP contribution in [0.5, 0.6) is 0 Å². The van der Waals surface area contributed by atoms with Gasteiger partial charge in [-0.25, -0.2) is 9.07 Å². The molecule has 0 aliphatic rings. The standard InChI is InChI=1S/C24H19FN4/c25-23-9-5-4-8-22(23)24-20(16-27-15-14-26)17-28-29(24)21-12-10-19(11-13-21)18-6-2-1-3-7-18/h1-13,17,27H,15-16H2. The molecule has 5 heteroatoms. The molecule has 0 aliphatic heterocycles. The van der Waals surface area contributed by atoms with Crippen LogP contribution in [0.1, 0.15) is 5.56 Å². The van der Waals surface area contributed by atoms with E-state index in [0.29, 0.717) is 17.8 Å². The molecule has 0 aliphatic carbocycles. The molecule has 29 heavy (non-hydrogen) atoms. The minimum atomic E-state index is -0.309. The van der Waals surface area contributed by atoms with Crippen molar-refractivity contribution in [1.29, 1.82) is 5.26 Å². The van der Waals surface area contributed by atoms with Crippen LogP contribution in [0.15, 0.2) is 85.1 Å². The first-order valence-electron chi connectivity index (χ1n) is 9.33. The second-order valence-electron chi connectivity index (χ2n) is 6.58. The molecule has 0 radical (unpaired) electrons. The van der Waals surface area contributed by atoms with Gasteiger partial charge in [0.25, 0.3) is 0 Å². The van der Waals surface area contributed by atoms with Crippen LogP contribution in [0.2, 0.25) is 0 Å². The van der Waals surface area contributed by atoms with Crippen molar-refractivity contribution in [3.05, 3.63) is 96.4 Å². The first kappa shape index (κ1) is 18.6. The molecular formula is C24H19FN4. The van der Waals surface area contributed by atoms with Gasteiger partial charge in [0.1, 0.15) is 5.82 Å². The van der Waals surface area contributed by atoms with Crippen LogP contribution in [0.25, 0.3) is 28.1 Å². The normalized spacial score (nSPS) is 10.6. The lowest BCUT2D eigenvalue weighted by molar-refractivity contribution is 0.629. The van der Waals surface area contributed by atoms with Gasteiger partial charge in [-0.15, -0.1) is 0 Å². The van der Waals surface area contributed by atoms with E-state index in [1.165, 1.54) is 6.07 Å². The molecule has 142 valence electrons. The Balaban J connectivity index is 1.76. The summed E-state index contributed by atoms with van der Waals surface area (Å²) in [7, 11) is 0. The third-order valence-electron chi connectivity index (χ3n) is 4.71. The smallest absolute Gasteiger partial charge is 0.132 e. The summed E-state index contributed by atoms with van der Waals surface area (Å²) in [5.74, 6) is -0.309. The third kappa shape index (κ3) is 3.93. The van der Waals surface area contributed by atoms with Crippen molar-refractivity contribution >= 4 is 0 Å². The van der Waals surface area contributed by atoms with Gasteiger partial charge in [-0.2, -0.15) is 10.4 Å². The Labute approximate surface area is 168 Å². The monoisotopic (exact) mass is 382 g/mol. The zero-order valence-corrected chi connectivity index (χ0v) is 15.7. The zero-order chi connectivity index (χ0) is 20.1. The maximum atomic E-state index is 14.6. The summed E-state index contributed by atoms with van der Waals surface area (Å²) >= 11 is 0. The second kappa shape index (κ2) is 8.51. The largest absolute Gasteiger partial charge is 0.300 e. The summed E-state index contributed by atoms with van der Waals surface area (Å²) in [6, 6.07) is 26.9. The van der Waals surface area contributed by atoms with E-state index in [9.17, 15) is 4.39 Å². The molecule has 0 saturated carbocycles. The summed E-state index contributed by atoms with van der Waals surface area (Å²) in [6.45, 7) is 0.646. The Morgan fingerprint density at radius 2 is 1.59 bits per heavy atom. The Morgan fingerprint density at radius 1 is 0.897 bits per heavy atom. The predicted molar refractivity (Wildman–Crippen MR) is 112 cm³/mol. The van der Waals surface area contributed by atoms with Crippen LogP contribution in [0, 0.1) is 17.1 Å². The van der Waals surface area contributed by atoms with Crippen molar-refractivity contribution < 1.29 is 4.39 Å². The van der Waals surface area contributed by atoms with Gasteiger partial charge < -0.3 is 5.32 Å².